The second kappa shape index (κ2) is 8.17. The third kappa shape index (κ3) is 6.07. The van der Waals surface area contributed by atoms with E-state index in [4.69, 9.17) is 4.74 Å². The van der Waals surface area contributed by atoms with Crippen LogP contribution in [0.25, 0.3) is 0 Å². The van der Waals surface area contributed by atoms with Gasteiger partial charge in [0.15, 0.2) is 0 Å². The molecule has 1 rings (SSSR count). The molecule has 0 aliphatic rings. The largest absolute Gasteiger partial charge is 0.496 e. The molecular formula is C14H21BrN2O2. The number of hydrogen-bond donors (Lipinski definition) is 2. The zero-order valence-corrected chi connectivity index (χ0v) is 13.2. The monoisotopic (exact) mass is 328 g/mol. The molecule has 0 aliphatic carbocycles. The summed E-state index contributed by atoms with van der Waals surface area (Å²) in [6.45, 7) is 5.24. The van der Waals surface area contributed by atoms with E-state index in [2.05, 4.69) is 26.6 Å². The molecule has 1 aromatic carbocycles. The fourth-order valence-electron chi connectivity index (χ4n) is 1.70. The van der Waals surface area contributed by atoms with Crippen LogP contribution in [0.3, 0.4) is 0 Å². The van der Waals surface area contributed by atoms with Crippen molar-refractivity contribution >= 4 is 21.8 Å². The molecule has 0 bridgehead atoms. The van der Waals surface area contributed by atoms with E-state index in [1.807, 2.05) is 32.0 Å². The number of amides is 1. The van der Waals surface area contributed by atoms with E-state index in [0.29, 0.717) is 19.5 Å². The normalized spacial score (nSPS) is 10.6. The minimum absolute atomic E-state index is 0.0729. The van der Waals surface area contributed by atoms with Crippen molar-refractivity contribution in [1.29, 1.82) is 0 Å². The van der Waals surface area contributed by atoms with E-state index in [0.717, 1.165) is 15.8 Å². The van der Waals surface area contributed by atoms with E-state index in [9.17, 15) is 4.79 Å². The maximum Gasteiger partial charge on any atom is 0.221 e. The lowest BCUT2D eigenvalue weighted by molar-refractivity contribution is -0.121. The van der Waals surface area contributed by atoms with Crippen LogP contribution < -0.4 is 15.4 Å². The molecule has 2 N–H and O–H groups in total. The molecule has 19 heavy (non-hydrogen) atoms. The van der Waals surface area contributed by atoms with E-state index < -0.39 is 0 Å². The zero-order chi connectivity index (χ0) is 14.3. The average molecular weight is 329 g/mol. The van der Waals surface area contributed by atoms with Gasteiger partial charge in [0, 0.05) is 35.6 Å². The lowest BCUT2D eigenvalue weighted by Gasteiger charge is -2.11. The standard InChI is InChI=1S/C14H21BrN2O2/c1-10(2)17-14(18)6-7-16-9-11-8-12(15)4-5-13(11)19-3/h4-5,8,10,16H,6-7,9H2,1-3H3,(H,17,18). The Morgan fingerprint density at radius 3 is 2.79 bits per heavy atom. The molecule has 0 aliphatic heterocycles. The Morgan fingerprint density at radius 1 is 1.42 bits per heavy atom. The van der Waals surface area contributed by atoms with E-state index in [1.54, 1.807) is 7.11 Å². The minimum atomic E-state index is 0.0729. The first-order valence-electron chi connectivity index (χ1n) is 6.35. The van der Waals surface area contributed by atoms with Crippen LogP contribution in [0, 0.1) is 0 Å². The first-order chi connectivity index (χ1) is 9.02. The Labute approximate surface area is 123 Å². The van der Waals surface area contributed by atoms with Gasteiger partial charge >= 0.3 is 0 Å². The summed E-state index contributed by atoms with van der Waals surface area (Å²) in [6.07, 6.45) is 0.481. The number of hydrogen-bond acceptors (Lipinski definition) is 3. The van der Waals surface area contributed by atoms with Crippen molar-refractivity contribution in [2.24, 2.45) is 0 Å². The van der Waals surface area contributed by atoms with Crippen molar-refractivity contribution in [2.75, 3.05) is 13.7 Å². The van der Waals surface area contributed by atoms with Crippen LogP contribution in [0.4, 0.5) is 0 Å². The van der Waals surface area contributed by atoms with E-state index in [1.165, 1.54) is 0 Å². The van der Waals surface area contributed by atoms with Crippen LogP contribution in [-0.4, -0.2) is 25.6 Å². The zero-order valence-electron chi connectivity index (χ0n) is 11.6. The highest BCUT2D eigenvalue weighted by atomic mass is 79.9. The molecule has 0 atom stereocenters. The summed E-state index contributed by atoms with van der Waals surface area (Å²) >= 11 is 3.44. The van der Waals surface area contributed by atoms with Gasteiger partial charge in [-0.15, -0.1) is 0 Å². The van der Waals surface area contributed by atoms with Gasteiger partial charge in [-0.05, 0) is 32.0 Å². The molecule has 0 unspecified atom stereocenters. The Bertz CT molecular complexity index is 422. The summed E-state index contributed by atoms with van der Waals surface area (Å²) in [5, 5.41) is 6.11. The molecule has 0 aromatic heterocycles. The summed E-state index contributed by atoms with van der Waals surface area (Å²) in [6, 6.07) is 6.07. The fourth-order valence-corrected chi connectivity index (χ4v) is 2.11. The number of ether oxygens (including phenoxy) is 1. The maximum absolute atomic E-state index is 11.5. The van der Waals surface area contributed by atoms with Crippen molar-refractivity contribution in [2.45, 2.75) is 32.9 Å². The first-order valence-corrected chi connectivity index (χ1v) is 7.14. The van der Waals surface area contributed by atoms with Gasteiger partial charge in [-0.2, -0.15) is 0 Å². The van der Waals surface area contributed by atoms with Crippen molar-refractivity contribution in [3.63, 3.8) is 0 Å². The Morgan fingerprint density at radius 2 is 2.16 bits per heavy atom. The highest BCUT2D eigenvalue weighted by Gasteiger charge is 2.05. The summed E-state index contributed by atoms with van der Waals surface area (Å²) in [7, 11) is 1.66. The lowest BCUT2D eigenvalue weighted by Crippen LogP contribution is -2.32. The van der Waals surface area contributed by atoms with Gasteiger partial charge < -0.3 is 15.4 Å². The van der Waals surface area contributed by atoms with Crippen LogP contribution in [0.15, 0.2) is 22.7 Å². The molecule has 1 amide bonds. The summed E-state index contributed by atoms with van der Waals surface area (Å²) in [4.78, 5) is 11.5. The van der Waals surface area contributed by atoms with E-state index in [-0.39, 0.29) is 11.9 Å². The number of benzene rings is 1. The van der Waals surface area contributed by atoms with Crippen LogP contribution >= 0.6 is 15.9 Å². The predicted octanol–water partition coefficient (Wildman–Crippen LogP) is 2.46. The predicted molar refractivity (Wildman–Crippen MR) is 80.3 cm³/mol. The Hall–Kier alpha value is -1.07. The van der Waals surface area contributed by atoms with Gasteiger partial charge in [-0.3, -0.25) is 4.79 Å². The average Bonchev–Trinajstić information content (AvgIpc) is 2.34. The third-order valence-corrected chi connectivity index (χ3v) is 3.03. The number of methoxy groups -OCH3 is 1. The second-order valence-electron chi connectivity index (χ2n) is 4.61. The minimum Gasteiger partial charge on any atom is -0.496 e. The van der Waals surface area contributed by atoms with Crippen molar-refractivity contribution in [1.82, 2.24) is 10.6 Å². The van der Waals surface area contributed by atoms with Crippen molar-refractivity contribution < 1.29 is 9.53 Å². The van der Waals surface area contributed by atoms with Gasteiger partial charge in [0.25, 0.3) is 0 Å². The quantitative estimate of drug-likeness (QED) is 0.756. The summed E-state index contributed by atoms with van der Waals surface area (Å²) in [5.74, 6) is 0.922. The number of carbonyl (C=O) groups is 1. The van der Waals surface area contributed by atoms with E-state index >= 15 is 0 Å². The number of nitrogens with one attached hydrogen (secondary N) is 2. The van der Waals surface area contributed by atoms with Crippen LogP contribution in [0.1, 0.15) is 25.8 Å². The molecule has 1 aromatic rings. The highest BCUT2D eigenvalue weighted by molar-refractivity contribution is 9.10. The smallest absolute Gasteiger partial charge is 0.221 e. The van der Waals surface area contributed by atoms with Gasteiger partial charge in [0.05, 0.1) is 7.11 Å². The molecule has 5 heteroatoms. The number of halogens is 1. The van der Waals surface area contributed by atoms with Gasteiger partial charge in [-0.25, -0.2) is 0 Å². The molecule has 0 radical (unpaired) electrons. The van der Waals surface area contributed by atoms with Crippen molar-refractivity contribution in [3.05, 3.63) is 28.2 Å². The first kappa shape index (κ1) is 16.0. The summed E-state index contributed by atoms with van der Waals surface area (Å²) in [5.41, 5.74) is 1.07. The molecule has 0 heterocycles. The summed E-state index contributed by atoms with van der Waals surface area (Å²) < 4.78 is 6.31. The second-order valence-corrected chi connectivity index (χ2v) is 5.52. The SMILES string of the molecule is COc1ccc(Br)cc1CNCCC(=O)NC(C)C. The number of rotatable bonds is 7. The fraction of sp³-hybridized carbons (Fsp3) is 0.500. The third-order valence-electron chi connectivity index (χ3n) is 2.54. The highest BCUT2D eigenvalue weighted by Crippen LogP contribution is 2.22. The van der Waals surface area contributed by atoms with Crippen LogP contribution in [0.5, 0.6) is 5.75 Å². The Balaban J connectivity index is 2.37. The molecular weight excluding hydrogens is 308 g/mol. The number of carbonyl (C=O) groups excluding carboxylic acids is 1. The van der Waals surface area contributed by atoms with Gasteiger partial charge in [-0.1, -0.05) is 15.9 Å². The lowest BCUT2D eigenvalue weighted by atomic mass is 10.2. The Kier molecular flexibility index (Phi) is 6.87. The van der Waals surface area contributed by atoms with Crippen molar-refractivity contribution in [3.8, 4) is 5.75 Å². The molecule has 4 nitrogen and oxygen atoms in total. The molecule has 0 saturated carbocycles. The molecule has 0 spiro atoms. The molecule has 106 valence electrons. The van der Waals surface area contributed by atoms with Crippen LogP contribution in [0.2, 0.25) is 0 Å². The topological polar surface area (TPSA) is 50.4 Å². The molecule has 0 saturated heterocycles. The van der Waals surface area contributed by atoms with Gasteiger partial charge in [0.2, 0.25) is 5.91 Å². The van der Waals surface area contributed by atoms with Gasteiger partial charge in [0.1, 0.15) is 5.75 Å². The molecule has 0 fully saturated rings. The van der Waals surface area contributed by atoms with Crippen LogP contribution in [-0.2, 0) is 11.3 Å². The maximum atomic E-state index is 11.5.